The Balaban J connectivity index is 1.50. The van der Waals surface area contributed by atoms with Crippen molar-refractivity contribution in [2.24, 2.45) is 11.8 Å². The minimum Gasteiger partial charge on any atom is -0.301 e. The van der Waals surface area contributed by atoms with Gasteiger partial charge in [-0.05, 0) is 17.4 Å². The molecule has 0 bridgehead atoms. The van der Waals surface area contributed by atoms with Gasteiger partial charge in [0.25, 0.3) is 0 Å². The van der Waals surface area contributed by atoms with Gasteiger partial charge < -0.3 is 4.90 Å². The first-order valence-electron chi connectivity index (χ1n) is 8.84. The molecule has 26 heavy (non-hydrogen) atoms. The Bertz CT molecular complexity index is 870. The summed E-state index contributed by atoms with van der Waals surface area (Å²) in [4.78, 5) is 2.42. The molecule has 0 radical (unpaired) electrons. The number of hydrogen-bond donors (Lipinski definition) is 0. The van der Waals surface area contributed by atoms with Crippen molar-refractivity contribution in [2.45, 2.75) is 12.6 Å². The van der Waals surface area contributed by atoms with E-state index in [1.54, 1.807) is 10.5 Å². The Morgan fingerprint density at radius 3 is 2.58 bits per heavy atom. The zero-order chi connectivity index (χ0) is 18.3. The van der Waals surface area contributed by atoms with Crippen LogP contribution in [0.2, 0.25) is 5.02 Å². The number of fused-ring (bicyclic) bond motifs is 1. The van der Waals surface area contributed by atoms with E-state index in [1.165, 1.54) is 6.26 Å². The Labute approximate surface area is 159 Å². The molecule has 6 nitrogen and oxygen atoms in total. The zero-order valence-electron chi connectivity index (χ0n) is 14.7. The number of nitrogens with zero attached hydrogens (tertiary/aromatic N) is 4. The van der Waals surface area contributed by atoms with E-state index in [-0.39, 0.29) is 6.04 Å². The van der Waals surface area contributed by atoms with Crippen LogP contribution in [0.3, 0.4) is 0 Å². The highest BCUT2D eigenvalue weighted by atomic mass is 35.5. The fourth-order valence-corrected chi connectivity index (χ4v) is 5.70. The molecule has 2 aliphatic rings. The molecule has 1 aromatic heterocycles. The van der Waals surface area contributed by atoms with Gasteiger partial charge in [-0.2, -0.15) is 9.40 Å². The van der Waals surface area contributed by atoms with Crippen molar-refractivity contribution in [3.05, 3.63) is 53.3 Å². The monoisotopic (exact) mass is 394 g/mol. The summed E-state index contributed by atoms with van der Waals surface area (Å²) in [5, 5.41) is 4.88. The summed E-state index contributed by atoms with van der Waals surface area (Å²) in [5.41, 5.74) is 1.09. The maximum atomic E-state index is 12.3. The summed E-state index contributed by atoms with van der Waals surface area (Å²) in [5.74, 6) is 0.699. The molecule has 3 heterocycles. The summed E-state index contributed by atoms with van der Waals surface area (Å²) in [6.45, 7) is 4.12. The Morgan fingerprint density at radius 1 is 1.15 bits per heavy atom. The topological polar surface area (TPSA) is 58.4 Å². The predicted molar refractivity (Wildman–Crippen MR) is 101 cm³/mol. The molecule has 140 valence electrons. The van der Waals surface area contributed by atoms with Gasteiger partial charge in [0.15, 0.2) is 0 Å². The van der Waals surface area contributed by atoms with E-state index in [4.69, 9.17) is 11.6 Å². The molecule has 3 atom stereocenters. The number of sulfonamides is 1. The van der Waals surface area contributed by atoms with Gasteiger partial charge in [-0.3, -0.25) is 4.68 Å². The van der Waals surface area contributed by atoms with Crippen molar-refractivity contribution in [1.82, 2.24) is 19.0 Å². The van der Waals surface area contributed by atoms with E-state index in [0.29, 0.717) is 23.4 Å². The maximum Gasteiger partial charge on any atom is 0.211 e. The van der Waals surface area contributed by atoms with Crippen LogP contribution in [0.25, 0.3) is 0 Å². The van der Waals surface area contributed by atoms with Crippen LogP contribution in [0.1, 0.15) is 11.6 Å². The first-order valence-corrected chi connectivity index (χ1v) is 11.1. The third-order valence-corrected chi connectivity index (χ3v) is 6.93. The third kappa shape index (κ3) is 3.53. The number of halogens is 1. The van der Waals surface area contributed by atoms with Crippen molar-refractivity contribution in [3.63, 3.8) is 0 Å². The highest BCUT2D eigenvalue weighted by molar-refractivity contribution is 7.88. The van der Waals surface area contributed by atoms with E-state index in [0.717, 1.165) is 31.7 Å². The summed E-state index contributed by atoms with van der Waals surface area (Å²) >= 11 is 5.92. The SMILES string of the molecule is CS(=O)(=O)N1C[C@H]2CN(CCn3cc(Cl)cn3)C[C@H]2[C@@H]1c1ccccc1. The molecule has 0 saturated carbocycles. The zero-order valence-corrected chi connectivity index (χ0v) is 16.3. The number of benzene rings is 1. The lowest BCUT2D eigenvalue weighted by atomic mass is 9.90. The fourth-order valence-electron chi connectivity index (χ4n) is 4.39. The highest BCUT2D eigenvalue weighted by Crippen LogP contribution is 2.45. The second kappa shape index (κ2) is 6.96. The Kier molecular flexibility index (Phi) is 4.81. The number of aromatic nitrogens is 2. The average Bonchev–Trinajstić information content (AvgIpc) is 3.26. The van der Waals surface area contributed by atoms with Crippen LogP contribution in [0.4, 0.5) is 0 Å². The molecular formula is C18H23ClN4O2S. The van der Waals surface area contributed by atoms with Gasteiger partial charge in [0.1, 0.15) is 0 Å². The van der Waals surface area contributed by atoms with Crippen LogP contribution in [-0.2, 0) is 16.6 Å². The normalized spacial score (nSPS) is 27.1. The largest absolute Gasteiger partial charge is 0.301 e. The van der Waals surface area contributed by atoms with Gasteiger partial charge >= 0.3 is 0 Å². The molecule has 2 fully saturated rings. The Hall–Kier alpha value is -1.41. The van der Waals surface area contributed by atoms with E-state index in [1.807, 2.05) is 41.2 Å². The number of likely N-dealkylation sites (tertiary alicyclic amines) is 1. The molecule has 2 aromatic rings. The van der Waals surface area contributed by atoms with Crippen LogP contribution in [0.15, 0.2) is 42.7 Å². The number of rotatable bonds is 5. The van der Waals surface area contributed by atoms with Crippen LogP contribution >= 0.6 is 11.6 Å². The average molecular weight is 395 g/mol. The lowest BCUT2D eigenvalue weighted by molar-refractivity contribution is 0.256. The van der Waals surface area contributed by atoms with E-state index >= 15 is 0 Å². The van der Waals surface area contributed by atoms with Gasteiger partial charge in [-0.1, -0.05) is 41.9 Å². The van der Waals surface area contributed by atoms with Crippen LogP contribution < -0.4 is 0 Å². The number of hydrogen-bond acceptors (Lipinski definition) is 4. The molecule has 0 aliphatic carbocycles. The third-order valence-electron chi connectivity index (χ3n) is 5.51. The molecule has 0 N–H and O–H groups in total. The van der Waals surface area contributed by atoms with Crippen molar-refractivity contribution in [3.8, 4) is 0 Å². The molecule has 2 saturated heterocycles. The second-order valence-corrected chi connectivity index (χ2v) is 9.66. The lowest BCUT2D eigenvalue weighted by Crippen LogP contribution is -2.35. The minimum atomic E-state index is -3.23. The van der Waals surface area contributed by atoms with Gasteiger partial charge in [-0.25, -0.2) is 8.42 Å². The van der Waals surface area contributed by atoms with Crippen LogP contribution in [0, 0.1) is 11.8 Å². The fraction of sp³-hybridized carbons (Fsp3) is 0.500. The molecule has 0 spiro atoms. The van der Waals surface area contributed by atoms with E-state index in [2.05, 4.69) is 10.00 Å². The van der Waals surface area contributed by atoms with E-state index in [9.17, 15) is 8.42 Å². The summed E-state index contributed by atoms with van der Waals surface area (Å²) in [7, 11) is -3.23. The van der Waals surface area contributed by atoms with Gasteiger partial charge in [0, 0.05) is 32.4 Å². The predicted octanol–water partition coefficient (Wildman–Crippen LogP) is 2.10. The van der Waals surface area contributed by atoms with Crippen molar-refractivity contribution in [2.75, 3.05) is 32.4 Å². The van der Waals surface area contributed by atoms with Gasteiger partial charge in [0.05, 0.1) is 30.1 Å². The van der Waals surface area contributed by atoms with Crippen molar-refractivity contribution >= 4 is 21.6 Å². The van der Waals surface area contributed by atoms with Crippen LogP contribution in [0.5, 0.6) is 0 Å². The van der Waals surface area contributed by atoms with Crippen LogP contribution in [-0.4, -0.2) is 59.8 Å². The van der Waals surface area contributed by atoms with Gasteiger partial charge in [0.2, 0.25) is 10.0 Å². The highest BCUT2D eigenvalue weighted by Gasteiger charge is 2.50. The lowest BCUT2D eigenvalue weighted by Gasteiger charge is -2.28. The summed E-state index contributed by atoms with van der Waals surface area (Å²) in [6, 6.07) is 9.95. The smallest absolute Gasteiger partial charge is 0.211 e. The summed E-state index contributed by atoms with van der Waals surface area (Å²) < 4.78 is 28.2. The molecular weight excluding hydrogens is 372 g/mol. The first kappa shape index (κ1) is 18.0. The van der Waals surface area contributed by atoms with Gasteiger partial charge in [-0.15, -0.1) is 0 Å². The Morgan fingerprint density at radius 2 is 1.92 bits per heavy atom. The van der Waals surface area contributed by atoms with E-state index < -0.39 is 10.0 Å². The summed E-state index contributed by atoms with van der Waals surface area (Å²) in [6.07, 6.45) is 4.80. The molecule has 4 rings (SSSR count). The molecule has 0 amide bonds. The minimum absolute atomic E-state index is 0.0691. The quantitative estimate of drug-likeness (QED) is 0.779. The van der Waals surface area contributed by atoms with Crippen molar-refractivity contribution in [1.29, 1.82) is 0 Å². The first-order chi connectivity index (χ1) is 12.4. The molecule has 1 aromatic carbocycles. The van der Waals surface area contributed by atoms with Crippen molar-refractivity contribution < 1.29 is 8.42 Å². The maximum absolute atomic E-state index is 12.3. The molecule has 2 aliphatic heterocycles. The molecule has 0 unspecified atom stereocenters. The molecule has 8 heteroatoms. The standard InChI is InChI=1S/C18H23ClN4O2S/c1-26(24,25)23-11-15-10-21(7-8-22-12-16(19)9-20-22)13-17(15)18(23)14-5-3-2-4-6-14/h2-6,9,12,15,17-18H,7-8,10-11,13H2,1H3/t15-,17-,18+/m1/s1. The second-order valence-electron chi connectivity index (χ2n) is 7.29.